The first-order chi connectivity index (χ1) is 22.3. The summed E-state index contributed by atoms with van der Waals surface area (Å²) in [7, 11) is 3.71. The highest BCUT2D eigenvalue weighted by Gasteiger charge is 2.35. The van der Waals surface area contributed by atoms with Crippen LogP contribution in [0.5, 0.6) is 5.75 Å². The third-order valence-electron chi connectivity index (χ3n) is 8.27. The number of anilines is 1. The molecule has 1 atom stereocenters. The van der Waals surface area contributed by atoms with Crippen LogP contribution in [0.4, 0.5) is 11.4 Å². The number of nitrogens with zero attached hydrogens (tertiary/aromatic N) is 4. The van der Waals surface area contributed by atoms with Crippen molar-refractivity contribution in [1.29, 1.82) is 0 Å². The Balaban J connectivity index is 1.60. The molecule has 3 heterocycles. The summed E-state index contributed by atoms with van der Waals surface area (Å²) in [5.74, 6) is 0.0585. The Morgan fingerprint density at radius 2 is 1.83 bits per heavy atom. The van der Waals surface area contributed by atoms with Gasteiger partial charge in [-0.15, -0.1) is 0 Å². The van der Waals surface area contributed by atoms with Crippen molar-refractivity contribution in [3.8, 4) is 5.75 Å². The molecule has 0 saturated carbocycles. The molecule has 6 rings (SSSR count). The van der Waals surface area contributed by atoms with Gasteiger partial charge in [-0.3, -0.25) is 19.5 Å². The normalized spacial score (nSPS) is 17.0. The number of carbonyl (C=O) groups excluding carboxylic acids is 1. The maximum atomic E-state index is 14.4. The molecule has 4 aromatic rings. The second-order valence-electron chi connectivity index (χ2n) is 11.1. The molecule has 0 amide bonds. The van der Waals surface area contributed by atoms with Crippen molar-refractivity contribution in [3.63, 3.8) is 0 Å². The third kappa shape index (κ3) is 5.96. The lowest BCUT2D eigenvalue weighted by atomic mass is 9.93. The van der Waals surface area contributed by atoms with Gasteiger partial charge in [-0.1, -0.05) is 53.8 Å². The summed E-state index contributed by atoms with van der Waals surface area (Å²) in [5.41, 5.74) is 3.03. The largest absolute Gasteiger partial charge is 0.497 e. The van der Waals surface area contributed by atoms with E-state index in [4.69, 9.17) is 14.5 Å². The topological polar surface area (TPSA) is 121 Å². The predicted octanol–water partition coefficient (Wildman–Crippen LogP) is 2.19. The number of quaternary nitrogens is 1. The molecule has 2 aliphatic rings. The summed E-state index contributed by atoms with van der Waals surface area (Å²) in [5, 5.41) is 11.8. The van der Waals surface area contributed by atoms with Crippen LogP contribution >= 0.6 is 11.3 Å². The molecule has 46 heavy (non-hydrogen) atoms. The number of methoxy groups -OCH3 is 1. The first-order valence-corrected chi connectivity index (χ1v) is 15.9. The van der Waals surface area contributed by atoms with E-state index >= 15 is 0 Å². The number of nitro benzene ring substituents is 1. The molecule has 0 bridgehead atoms. The van der Waals surface area contributed by atoms with Gasteiger partial charge in [-0.05, 0) is 36.8 Å². The number of piperazine rings is 1. The van der Waals surface area contributed by atoms with Crippen LogP contribution in [0.25, 0.3) is 11.8 Å². The van der Waals surface area contributed by atoms with Crippen molar-refractivity contribution in [2.45, 2.75) is 13.0 Å². The van der Waals surface area contributed by atoms with Crippen molar-refractivity contribution >= 4 is 40.5 Å². The van der Waals surface area contributed by atoms with Gasteiger partial charge < -0.3 is 19.3 Å². The lowest BCUT2D eigenvalue weighted by Crippen LogP contribution is -3.12. The molecule has 0 unspecified atom stereocenters. The van der Waals surface area contributed by atoms with E-state index in [2.05, 4.69) is 11.9 Å². The number of hydrogen-bond acceptors (Lipinski definition) is 9. The second kappa shape index (κ2) is 13.1. The monoisotopic (exact) mass is 640 g/mol. The first-order valence-electron chi connectivity index (χ1n) is 15.1. The zero-order valence-corrected chi connectivity index (χ0v) is 26.6. The smallest absolute Gasteiger partial charge is 0.338 e. The number of hydrogen-bond donors (Lipinski definition) is 1. The maximum absolute atomic E-state index is 14.4. The average molecular weight is 641 g/mol. The lowest BCUT2D eigenvalue weighted by Gasteiger charge is -2.32. The molecule has 2 aliphatic heterocycles. The number of thiazole rings is 1. The summed E-state index contributed by atoms with van der Waals surface area (Å²) >= 11 is 1.18. The van der Waals surface area contributed by atoms with E-state index in [1.807, 2.05) is 42.5 Å². The number of esters is 1. The first kappa shape index (κ1) is 30.9. The second-order valence-corrected chi connectivity index (χ2v) is 12.2. The summed E-state index contributed by atoms with van der Waals surface area (Å²) in [6, 6.07) is 20.5. The Labute approximate surface area is 269 Å². The van der Waals surface area contributed by atoms with E-state index in [-0.39, 0.29) is 23.4 Å². The van der Waals surface area contributed by atoms with Crippen molar-refractivity contribution in [2.24, 2.45) is 4.99 Å². The van der Waals surface area contributed by atoms with Gasteiger partial charge in [-0.25, -0.2) is 9.79 Å². The quantitative estimate of drug-likeness (QED) is 0.178. The number of likely N-dealkylation sites (N-methyl/N-ethyl adjacent to an activating group) is 1. The Morgan fingerprint density at radius 1 is 1.11 bits per heavy atom. The van der Waals surface area contributed by atoms with Crippen LogP contribution < -0.4 is 29.4 Å². The standard InChI is InChI=1S/C34H33N5O6S/c1-4-45-33(41)29-30(22-8-6-5-7-9-22)35-34-38(31(29)23-10-13-26(44-3)14-11-23)32(40)28(46-34)21-24-20-25(39(42)43)12-15-27(24)37-18-16-36(2)17-19-37/h5-15,20-21,31H,4,16-19H2,1-3H3/p+1/b28-21+/t31-/m0/s1. The molecule has 1 N–H and O–H groups in total. The van der Waals surface area contributed by atoms with Crippen LogP contribution in [0, 0.1) is 10.1 Å². The maximum Gasteiger partial charge on any atom is 0.338 e. The third-order valence-corrected chi connectivity index (χ3v) is 9.25. The van der Waals surface area contributed by atoms with Gasteiger partial charge in [0, 0.05) is 28.9 Å². The SMILES string of the molecule is CCOC(=O)C1=C(c2ccccc2)N=c2s/c(=C/c3cc([N+](=O)[O-])ccc3N3CC[NH+](C)CC3)c(=O)n2[C@H]1c1ccc(OC)cc1. The Bertz CT molecular complexity index is 1990. The highest BCUT2D eigenvalue weighted by Crippen LogP contribution is 2.36. The van der Waals surface area contributed by atoms with Gasteiger partial charge in [-0.2, -0.15) is 0 Å². The number of ether oxygens (including phenoxy) is 2. The highest BCUT2D eigenvalue weighted by atomic mass is 32.1. The molecule has 236 valence electrons. The van der Waals surface area contributed by atoms with Crippen LogP contribution in [-0.4, -0.2) is 62.4 Å². The Morgan fingerprint density at radius 3 is 2.48 bits per heavy atom. The van der Waals surface area contributed by atoms with Crippen molar-refractivity contribution in [2.75, 3.05) is 51.8 Å². The average Bonchev–Trinajstić information content (AvgIpc) is 3.38. The van der Waals surface area contributed by atoms with Gasteiger partial charge in [0.1, 0.15) is 5.75 Å². The fourth-order valence-electron chi connectivity index (χ4n) is 5.87. The van der Waals surface area contributed by atoms with Crippen molar-refractivity contribution in [1.82, 2.24) is 4.57 Å². The number of nitrogens with one attached hydrogen (secondary N) is 1. The molecule has 11 nitrogen and oxygen atoms in total. The van der Waals surface area contributed by atoms with Gasteiger partial charge in [0.05, 0.1) is 73.7 Å². The molecule has 12 heteroatoms. The van der Waals surface area contributed by atoms with Gasteiger partial charge in [0.25, 0.3) is 11.2 Å². The molecule has 1 aromatic heterocycles. The van der Waals surface area contributed by atoms with E-state index in [0.717, 1.165) is 31.9 Å². The number of nitro groups is 1. The van der Waals surface area contributed by atoms with Crippen LogP contribution in [0.3, 0.4) is 0 Å². The number of benzene rings is 3. The fraction of sp³-hybridized carbons (Fsp3) is 0.265. The summed E-state index contributed by atoms with van der Waals surface area (Å²) in [6.45, 7) is 5.31. The van der Waals surface area contributed by atoms with Crippen molar-refractivity contribution in [3.05, 3.63) is 125 Å². The van der Waals surface area contributed by atoms with E-state index < -0.39 is 16.9 Å². The van der Waals surface area contributed by atoms with Crippen LogP contribution in [0.15, 0.2) is 88.2 Å². The molecule has 0 aliphatic carbocycles. The van der Waals surface area contributed by atoms with Crippen molar-refractivity contribution < 1.29 is 24.1 Å². The van der Waals surface area contributed by atoms with E-state index in [0.29, 0.717) is 37.5 Å². The summed E-state index contributed by atoms with van der Waals surface area (Å²) in [4.78, 5) is 48.3. The zero-order valence-electron chi connectivity index (χ0n) is 25.8. The van der Waals surface area contributed by atoms with Gasteiger partial charge in [0.2, 0.25) is 0 Å². The fourth-order valence-corrected chi connectivity index (χ4v) is 6.86. The number of aromatic nitrogens is 1. The summed E-state index contributed by atoms with van der Waals surface area (Å²) < 4.78 is 12.8. The molecular weight excluding hydrogens is 606 g/mol. The Kier molecular flexibility index (Phi) is 8.82. The molecule has 3 aromatic carbocycles. The number of rotatable bonds is 8. The molecule has 1 fully saturated rings. The van der Waals surface area contributed by atoms with Gasteiger partial charge in [0.15, 0.2) is 4.80 Å². The Hall–Kier alpha value is -5.07. The van der Waals surface area contributed by atoms with Crippen LogP contribution in [-0.2, 0) is 9.53 Å². The van der Waals surface area contributed by atoms with Crippen LogP contribution in [0.2, 0.25) is 0 Å². The minimum Gasteiger partial charge on any atom is -0.497 e. The van der Waals surface area contributed by atoms with E-state index in [9.17, 15) is 19.7 Å². The number of fused-ring (bicyclic) bond motifs is 1. The number of non-ortho nitro benzene ring substituents is 1. The van der Waals surface area contributed by atoms with Gasteiger partial charge >= 0.3 is 5.97 Å². The predicted molar refractivity (Wildman–Crippen MR) is 176 cm³/mol. The molecule has 0 spiro atoms. The minimum atomic E-state index is -0.844. The summed E-state index contributed by atoms with van der Waals surface area (Å²) in [6.07, 6.45) is 1.71. The highest BCUT2D eigenvalue weighted by molar-refractivity contribution is 7.07. The zero-order chi connectivity index (χ0) is 32.4. The minimum absolute atomic E-state index is 0.0606. The van der Waals surface area contributed by atoms with E-state index in [1.165, 1.54) is 32.9 Å². The van der Waals surface area contributed by atoms with E-state index in [1.54, 1.807) is 38.3 Å². The van der Waals surface area contributed by atoms with Crippen LogP contribution in [0.1, 0.15) is 29.7 Å². The lowest BCUT2D eigenvalue weighted by molar-refractivity contribution is -0.880. The number of carbonyl (C=O) groups is 1. The molecule has 1 saturated heterocycles. The molecule has 0 radical (unpaired) electrons. The molecular formula is C34H34N5O6S+.